The van der Waals surface area contributed by atoms with Crippen molar-refractivity contribution in [1.29, 1.82) is 0 Å². The van der Waals surface area contributed by atoms with Crippen molar-refractivity contribution in [3.8, 4) is 22.1 Å². The molecule has 0 saturated carbocycles. The largest absolute Gasteiger partial charge is 0.493 e. The number of thiazole rings is 1. The van der Waals surface area contributed by atoms with Crippen molar-refractivity contribution in [1.82, 2.24) is 15.2 Å². The number of amides is 1. The molecule has 0 aliphatic carbocycles. The van der Waals surface area contributed by atoms with Crippen LogP contribution < -0.4 is 14.8 Å². The van der Waals surface area contributed by atoms with E-state index in [9.17, 15) is 4.79 Å². The fraction of sp³-hybridized carbons (Fsp3) is 0.375. The highest BCUT2D eigenvalue weighted by molar-refractivity contribution is 7.13. The molecule has 1 aliphatic heterocycles. The van der Waals surface area contributed by atoms with Crippen LogP contribution in [0.4, 0.5) is 0 Å². The maximum atomic E-state index is 11.4. The molecule has 1 fully saturated rings. The minimum absolute atomic E-state index is 0.0705. The van der Waals surface area contributed by atoms with Gasteiger partial charge >= 0.3 is 0 Å². The van der Waals surface area contributed by atoms with Gasteiger partial charge in [-0.15, -0.1) is 11.3 Å². The molecule has 0 bridgehead atoms. The first kappa shape index (κ1) is 15.8. The Balaban J connectivity index is 1.80. The van der Waals surface area contributed by atoms with Gasteiger partial charge in [0.25, 0.3) is 0 Å². The molecule has 0 unspecified atom stereocenters. The third-order valence-corrected chi connectivity index (χ3v) is 4.61. The Morgan fingerprint density at radius 1 is 1.35 bits per heavy atom. The molecule has 122 valence electrons. The summed E-state index contributed by atoms with van der Waals surface area (Å²) in [5.74, 6) is 1.45. The van der Waals surface area contributed by atoms with Crippen molar-refractivity contribution in [2.75, 3.05) is 33.9 Å². The van der Waals surface area contributed by atoms with Crippen molar-refractivity contribution in [3.05, 3.63) is 29.3 Å². The summed E-state index contributed by atoms with van der Waals surface area (Å²) in [5.41, 5.74) is 1.88. The number of nitrogens with one attached hydrogen (secondary N) is 1. The maximum absolute atomic E-state index is 11.4. The number of para-hydroxylation sites is 1. The van der Waals surface area contributed by atoms with Crippen molar-refractivity contribution < 1.29 is 14.3 Å². The van der Waals surface area contributed by atoms with Crippen LogP contribution in [0, 0.1) is 0 Å². The molecule has 0 atom stereocenters. The molecular formula is C16H19N3O3S. The third kappa shape index (κ3) is 3.46. The van der Waals surface area contributed by atoms with Crippen molar-refractivity contribution in [3.63, 3.8) is 0 Å². The lowest BCUT2D eigenvalue weighted by molar-refractivity contribution is -0.124. The van der Waals surface area contributed by atoms with Gasteiger partial charge in [0.15, 0.2) is 11.5 Å². The molecule has 1 aliphatic rings. The van der Waals surface area contributed by atoms with E-state index >= 15 is 0 Å². The Morgan fingerprint density at radius 3 is 2.96 bits per heavy atom. The highest BCUT2D eigenvalue weighted by atomic mass is 32.1. The van der Waals surface area contributed by atoms with E-state index in [2.05, 4.69) is 10.2 Å². The molecule has 0 spiro atoms. The minimum atomic E-state index is 0.0705. The topological polar surface area (TPSA) is 63.7 Å². The SMILES string of the molecule is COc1cccc(-c2nc(CN3CCNC(=O)C3)cs2)c1OC. The molecule has 1 N–H and O–H groups in total. The van der Waals surface area contributed by atoms with Gasteiger partial charge in [-0.25, -0.2) is 4.98 Å². The van der Waals surface area contributed by atoms with Gasteiger partial charge in [0.05, 0.1) is 32.0 Å². The molecule has 1 aromatic heterocycles. The highest BCUT2D eigenvalue weighted by Gasteiger charge is 2.19. The van der Waals surface area contributed by atoms with Gasteiger partial charge in [-0.2, -0.15) is 0 Å². The summed E-state index contributed by atoms with van der Waals surface area (Å²) < 4.78 is 10.8. The lowest BCUT2D eigenvalue weighted by Gasteiger charge is -2.25. The molecular weight excluding hydrogens is 314 g/mol. The van der Waals surface area contributed by atoms with Gasteiger partial charge in [0, 0.05) is 25.0 Å². The van der Waals surface area contributed by atoms with Gasteiger partial charge in [-0.05, 0) is 12.1 Å². The molecule has 0 radical (unpaired) electrons. The van der Waals surface area contributed by atoms with Crippen molar-refractivity contribution in [2.24, 2.45) is 0 Å². The van der Waals surface area contributed by atoms with Crippen molar-refractivity contribution in [2.45, 2.75) is 6.54 Å². The zero-order valence-electron chi connectivity index (χ0n) is 13.2. The summed E-state index contributed by atoms with van der Waals surface area (Å²) in [6, 6.07) is 5.76. The number of rotatable bonds is 5. The Morgan fingerprint density at radius 2 is 2.22 bits per heavy atom. The molecule has 23 heavy (non-hydrogen) atoms. The number of methoxy groups -OCH3 is 2. The Kier molecular flexibility index (Phi) is 4.78. The number of nitrogens with zero attached hydrogens (tertiary/aromatic N) is 2. The molecule has 1 saturated heterocycles. The smallest absolute Gasteiger partial charge is 0.234 e. The normalized spacial score (nSPS) is 15.3. The summed E-state index contributed by atoms with van der Waals surface area (Å²) in [6.45, 7) is 2.65. The van der Waals surface area contributed by atoms with Gasteiger partial charge in [-0.3, -0.25) is 9.69 Å². The average Bonchev–Trinajstić information content (AvgIpc) is 3.02. The fourth-order valence-corrected chi connectivity index (χ4v) is 3.45. The predicted octanol–water partition coefficient (Wildman–Crippen LogP) is 1.76. The Hall–Kier alpha value is -2.12. The molecule has 6 nitrogen and oxygen atoms in total. The Labute approximate surface area is 139 Å². The van der Waals surface area contributed by atoms with Crippen molar-refractivity contribution >= 4 is 17.2 Å². The molecule has 2 aromatic rings. The molecule has 1 aromatic carbocycles. The number of ether oxygens (including phenoxy) is 2. The summed E-state index contributed by atoms with van der Waals surface area (Å²) >= 11 is 1.57. The molecule has 1 amide bonds. The van der Waals surface area contributed by atoms with Gasteiger partial charge in [0.2, 0.25) is 5.91 Å². The van der Waals surface area contributed by atoms with Crippen LogP contribution in [0.15, 0.2) is 23.6 Å². The van der Waals surface area contributed by atoms with Gasteiger partial charge < -0.3 is 14.8 Å². The van der Waals surface area contributed by atoms with Crippen LogP contribution in [0.1, 0.15) is 5.69 Å². The first-order valence-corrected chi connectivity index (χ1v) is 8.24. The van der Waals surface area contributed by atoms with E-state index in [0.717, 1.165) is 22.8 Å². The van der Waals surface area contributed by atoms with Crippen LogP contribution in [0.3, 0.4) is 0 Å². The molecule has 7 heteroatoms. The average molecular weight is 333 g/mol. The standard InChI is InChI=1S/C16H19N3O3S/c1-21-13-5-3-4-12(15(13)22-2)16-18-11(10-23-16)8-19-7-6-17-14(20)9-19/h3-5,10H,6-9H2,1-2H3,(H,17,20). The third-order valence-electron chi connectivity index (χ3n) is 3.69. The molecule has 2 heterocycles. The van der Waals surface area contributed by atoms with Crippen LogP contribution in [0.5, 0.6) is 11.5 Å². The quantitative estimate of drug-likeness (QED) is 0.903. The van der Waals surface area contributed by atoms with E-state index in [4.69, 9.17) is 14.5 Å². The minimum Gasteiger partial charge on any atom is -0.493 e. The first-order chi connectivity index (χ1) is 11.2. The lowest BCUT2D eigenvalue weighted by atomic mass is 10.2. The zero-order chi connectivity index (χ0) is 16.2. The number of aromatic nitrogens is 1. The monoisotopic (exact) mass is 333 g/mol. The maximum Gasteiger partial charge on any atom is 0.234 e. The van der Waals surface area contributed by atoms with Gasteiger partial charge in [-0.1, -0.05) is 6.07 Å². The van der Waals surface area contributed by atoms with E-state index in [0.29, 0.717) is 31.1 Å². The lowest BCUT2D eigenvalue weighted by Crippen LogP contribution is -2.47. The Bertz CT molecular complexity index is 702. The van der Waals surface area contributed by atoms with E-state index in [-0.39, 0.29) is 5.91 Å². The number of carbonyl (C=O) groups is 1. The number of hydrogen-bond donors (Lipinski definition) is 1. The second-order valence-electron chi connectivity index (χ2n) is 5.25. The van der Waals surface area contributed by atoms with Crippen LogP contribution in [-0.4, -0.2) is 49.6 Å². The van der Waals surface area contributed by atoms with E-state index in [1.165, 1.54) is 0 Å². The number of carbonyl (C=O) groups excluding carboxylic acids is 1. The fourth-order valence-electron chi connectivity index (χ4n) is 2.61. The van der Waals surface area contributed by atoms with E-state index in [1.807, 2.05) is 23.6 Å². The zero-order valence-corrected chi connectivity index (χ0v) is 14.0. The number of benzene rings is 1. The first-order valence-electron chi connectivity index (χ1n) is 7.36. The van der Waals surface area contributed by atoms with E-state index < -0.39 is 0 Å². The van der Waals surface area contributed by atoms with Crippen LogP contribution in [-0.2, 0) is 11.3 Å². The van der Waals surface area contributed by atoms with Crippen LogP contribution in [0.25, 0.3) is 10.6 Å². The van der Waals surface area contributed by atoms with Crippen LogP contribution >= 0.6 is 11.3 Å². The summed E-state index contributed by atoms with van der Waals surface area (Å²) in [7, 11) is 3.25. The predicted molar refractivity (Wildman–Crippen MR) is 88.9 cm³/mol. The van der Waals surface area contributed by atoms with Gasteiger partial charge in [0.1, 0.15) is 5.01 Å². The second-order valence-corrected chi connectivity index (χ2v) is 6.10. The second kappa shape index (κ2) is 6.97. The number of piperazine rings is 1. The summed E-state index contributed by atoms with van der Waals surface area (Å²) in [4.78, 5) is 18.2. The van der Waals surface area contributed by atoms with Crippen LogP contribution in [0.2, 0.25) is 0 Å². The molecule has 3 rings (SSSR count). The summed E-state index contributed by atoms with van der Waals surface area (Å²) in [6.07, 6.45) is 0. The number of hydrogen-bond acceptors (Lipinski definition) is 6. The van der Waals surface area contributed by atoms with E-state index in [1.54, 1.807) is 25.6 Å². The summed E-state index contributed by atoms with van der Waals surface area (Å²) in [5, 5.41) is 5.74. The highest BCUT2D eigenvalue weighted by Crippen LogP contribution is 2.39.